The Morgan fingerprint density at radius 2 is 1.53 bits per heavy atom. The van der Waals surface area contributed by atoms with Crippen LogP contribution in [-0.4, -0.2) is 80.5 Å². The van der Waals surface area contributed by atoms with Crippen LogP contribution in [0.25, 0.3) is 0 Å². The Hall–Kier alpha value is -1.25. The number of hydrogen-bond donors (Lipinski definition) is 5. The zero-order chi connectivity index (χ0) is 15.0. The summed E-state index contributed by atoms with van der Waals surface area (Å²) in [6.45, 7) is 6.36. The number of amides is 1. The third-order valence-corrected chi connectivity index (χ3v) is 2.52. The average molecular weight is 275 g/mol. The van der Waals surface area contributed by atoms with Gasteiger partial charge in [0.25, 0.3) is 5.91 Å². The number of aliphatic hydroxyl groups excluding tert-OH is 5. The van der Waals surface area contributed by atoms with Gasteiger partial charge in [-0.25, -0.2) is 0 Å². The van der Waals surface area contributed by atoms with E-state index in [0.29, 0.717) is 0 Å². The standard InChI is InChI=1S/C12H21NO6/c1-3-5-13(6-4-2)12(19)11(18)10(17)9(16)8(15)7-14/h3-4,8-11,14-18H,1-2,5-7H2. The van der Waals surface area contributed by atoms with Crippen molar-refractivity contribution in [1.29, 1.82) is 0 Å². The first-order chi connectivity index (χ1) is 8.90. The highest BCUT2D eigenvalue weighted by molar-refractivity contribution is 5.81. The molecule has 7 heteroatoms. The van der Waals surface area contributed by atoms with E-state index in [1.165, 1.54) is 12.2 Å². The highest BCUT2D eigenvalue weighted by Gasteiger charge is 2.35. The van der Waals surface area contributed by atoms with E-state index in [2.05, 4.69) is 13.2 Å². The van der Waals surface area contributed by atoms with Crippen molar-refractivity contribution in [2.24, 2.45) is 0 Å². The third-order valence-electron chi connectivity index (χ3n) is 2.52. The third kappa shape index (κ3) is 5.09. The second-order valence-electron chi connectivity index (χ2n) is 4.00. The average Bonchev–Trinajstić information content (AvgIpc) is 2.42. The summed E-state index contributed by atoms with van der Waals surface area (Å²) in [6, 6.07) is 0. The Kier molecular flexibility index (Phi) is 8.21. The van der Waals surface area contributed by atoms with Crippen molar-refractivity contribution < 1.29 is 30.3 Å². The molecular weight excluding hydrogens is 254 g/mol. The van der Waals surface area contributed by atoms with Gasteiger partial charge in [0, 0.05) is 13.1 Å². The van der Waals surface area contributed by atoms with E-state index in [1.54, 1.807) is 0 Å². The lowest BCUT2D eigenvalue weighted by molar-refractivity contribution is -0.157. The summed E-state index contributed by atoms with van der Waals surface area (Å²) in [5.74, 6) is -0.837. The first-order valence-corrected chi connectivity index (χ1v) is 5.74. The lowest BCUT2D eigenvalue weighted by Gasteiger charge is -2.28. The van der Waals surface area contributed by atoms with Crippen molar-refractivity contribution in [2.75, 3.05) is 19.7 Å². The van der Waals surface area contributed by atoms with Crippen LogP contribution in [0.1, 0.15) is 0 Å². The van der Waals surface area contributed by atoms with Gasteiger partial charge < -0.3 is 30.4 Å². The fraction of sp³-hybridized carbons (Fsp3) is 0.583. The predicted octanol–water partition coefficient (Wildman–Crippen LogP) is -2.38. The van der Waals surface area contributed by atoms with E-state index in [1.807, 2.05) is 0 Å². The van der Waals surface area contributed by atoms with Crippen molar-refractivity contribution in [1.82, 2.24) is 4.90 Å². The van der Waals surface area contributed by atoms with Crippen molar-refractivity contribution >= 4 is 5.91 Å². The van der Waals surface area contributed by atoms with Gasteiger partial charge >= 0.3 is 0 Å². The number of carbonyl (C=O) groups is 1. The molecule has 4 atom stereocenters. The molecular formula is C12H21NO6. The van der Waals surface area contributed by atoms with Gasteiger partial charge in [0.1, 0.15) is 18.3 Å². The first kappa shape index (κ1) is 17.8. The Balaban J connectivity index is 4.76. The van der Waals surface area contributed by atoms with Crippen LogP contribution in [0.5, 0.6) is 0 Å². The zero-order valence-corrected chi connectivity index (χ0v) is 10.6. The number of aliphatic hydroxyl groups is 5. The van der Waals surface area contributed by atoms with Gasteiger partial charge in [-0.15, -0.1) is 13.2 Å². The number of nitrogens with zero attached hydrogens (tertiary/aromatic N) is 1. The topological polar surface area (TPSA) is 121 Å². The highest BCUT2D eigenvalue weighted by Crippen LogP contribution is 2.08. The molecule has 0 spiro atoms. The maximum atomic E-state index is 11.8. The molecule has 7 nitrogen and oxygen atoms in total. The molecule has 0 aliphatic heterocycles. The number of rotatable bonds is 9. The van der Waals surface area contributed by atoms with Crippen molar-refractivity contribution in [3.63, 3.8) is 0 Å². The normalized spacial score (nSPS) is 17.1. The Morgan fingerprint density at radius 3 is 1.89 bits per heavy atom. The van der Waals surface area contributed by atoms with Crippen LogP contribution in [0.15, 0.2) is 25.3 Å². The van der Waals surface area contributed by atoms with Crippen LogP contribution in [0.2, 0.25) is 0 Å². The Labute approximate surface area is 111 Å². The molecule has 1 amide bonds. The SMILES string of the molecule is C=CCN(CC=C)C(=O)C(O)C(O)C(O)C(O)CO. The molecule has 0 saturated carbocycles. The van der Waals surface area contributed by atoms with Crippen molar-refractivity contribution in [3.05, 3.63) is 25.3 Å². The molecule has 110 valence electrons. The van der Waals surface area contributed by atoms with Crippen molar-refractivity contribution in [3.8, 4) is 0 Å². The minimum Gasteiger partial charge on any atom is -0.394 e. The van der Waals surface area contributed by atoms with E-state index in [0.717, 1.165) is 4.90 Å². The molecule has 0 aromatic carbocycles. The predicted molar refractivity (Wildman–Crippen MR) is 68.1 cm³/mol. The van der Waals surface area contributed by atoms with E-state index < -0.39 is 36.9 Å². The van der Waals surface area contributed by atoms with Gasteiger partial charge in [-0.05, 0) is 0 Å². The summed E-state index contributed by atoms with van der Waals surface area (Å²) in [4.78, 5) is 13.0. The van der Waals surface area contributed by atoms with E-state index in [9.17, 15) is 20.1 Å². The second kappa shape index (κ2) is 8.78. The molecule has 0 aromatic heterocycles. The van der Waals surface area contributed by atoms with Crippen LogP contribution in [-0.2, 0) is 4.79 Å². The zero-order valence-electron chi connectivity index (χ0n) is 10.6. The molecule has 0 aromatic rings. The lowest BCUT2D eigenvalue weighted by atomic mass is 10.0. The summed E-state index contributed by atoms with van der Waals surface area (Å²) in [5, 5.41) is 46.4. The van der Waals surface area contributed by atoms with Gasteiger partial charge in [-0.2, -0.15) is 0 Å². The van der Waals surface area contributed by atoms with Crippen LogP contribution >= 0.6 is 0 Å². The summed E-state index contributed by atoms with van der Waals surface area (Å²) in [5.41, 5.74) is 0. The van der Waals surface area contributed by atoms with E-state index >= 15 is 0 Å². The molecule has 0 heterocycles. The molecule has 0 aliphatic rings. The maximum Gasteiger partial charge on any atom is 0.254 e. The molecule has 19 heavy (non-hydrogen) atoms. The van der Waals surface area contributed by atoms with E-state index in [4.69, 9.17) is 10.2 Å². The molecule has 5 N–H and O–H groups in total. The Bertz CT molecular complexity index is 299. The van der Waals surface area contributed by atoms with Gasteiger partial charge in [0.2, 0.25) is 0 Å². The second-order valence-corrected chi connectivity index (χ2v) is 4.00. The van der Waals surface area contributed by atoms with Crippen LogP contribution in [0.4, 0.5) is 0 Å². The summed E-state index contributed by atoms with van der Waals surface area (Å²) in [6.07, 6.45) is -4.45. The molecule has 0 rings (SSSR count). The molecule has 0 fully saturated rings. The van der Waals surface area contributed by atoms with Gasteiger partial charge in [-0.3, -0.25) is 4.79 Å². The quantitative estimate of drug-likeness (QED) is 0.300. The van der Waals surface area contributed by atoms with Gasteiger partial charge in [0.05, 0.1) is 6.61 Å². The first-order valence-electron chi connectivity index (χ1n) is 5.74. The largest absolute Gasteiger partial charge is 0.394 e. The fourth-order valence-corrected chi connectivity index (χ4v) is 1.42. The minimum atomic E-state index is -1.92. The summed E-state index contributed by atoms with van der Waals surface area (Å²) < 4.78 is 0. The smallest absolute Gasteiger partial charge is 0.254 e. The summed E-state index contributed by atoms with van der Waals surface area (Å²) >= 11 is 0. The number of hydrogen-bond acceptors (Lipinski definition) is 6. The summed E-state index contributed by atoms with van der Waals surface area (Å²) in [7, 11) is 0. The minimum absolute atomic E-state index is 0.132. The molecule has 0 bridgehead atoms. The molecule has 4 unspecified atom stereocenters. The van der Waals surface area contributed by atoms with Crippen molar-refractivity contribution in [2.45, 2.75) is 24.4 Å². The van der Waals surface area contributed by atoms with Gasteiger partial charge in [-0.1, -0.05) is 12.2 Å². The fourth-order valence-electron chi connectivity index (χ4n) is 1.42. The lowest BCUT2D eigenvalue weighted by Crippen LogP contribution is -2.52. The molecule has 0 aliphatic carbocycles. The molecule has 0 radical (unpaired) electrons. The van der Waals surface area contributed by atoms with Crippen LogP contribution in [0.3, 0.4) is 0 Å². The highest BCUT2D eigenvalue weighted by atomic mass is 16.4. The Morgan fingerprint density at radius 1 is 1.05 bits per heavy atom. The van der Waals surface area contributed by atoms with Crippen LogP contribution in [0, 0.1) is 0 Å². The number of carbonyl (C=O) groups excluding carboxylic acids is 1. The maximum absolute atomic E-state index is 11.8. The molecule has 0 saturated heterocycles. The van der Waals surface area contributed by atoms with Crippen LogP contribution < -0.4 is 0 Å². The van der Waals surface area contributed by atoms with Gasteiger partial charge in [0.15, 0.2) is 6.10 Å². The van der Waals surface area contributed by atoms with E-state index in [-0.39, 0.29) is 13.1 Å². The monoisotopic (exact) mass is 275 g/mol.